The maximum atomic E-state index is 9.52. The molecule has 8 heteroatoms. The minimum absolute atomic E-state index is 0.177. The number of aromatic nitrogens is 3. The SMILES string of the molecule is COc1ccc(-c2nc(C#N)c(N3CCC(C)(c4nc(C)no4)CC3)o2)cc1. The molecule has 1 saturated heterocycles. The molecule has 1 fully saturated rings. The Morgan fingerprint density at radius 2 is 1.89 bits per heavy atom. The van der Waals surface area contributed by atoms with Gasteiger partial charge >= 0.3 is 0 Å². The number of nitrogens with zero attached hydrogens (tertiary/aromatic N) is 5. The minimum atomic E-state index is -0.177. The first-order chi connectivity index (χ1) is 13.5. The van der Waals surface area contributed by atoms with Crippen molar-refractivity contribution in [2.45, 2.75) is 32.1 Å². The molecule has 8 nitrogen and oxygen atoms in total. The topological polar surface area (TPSA) is 101 Å². The van der Waals surface area contributed by atoms with Crippen LogP contribution >= 0.6 is 0 Å². The maximum absolute atomic E-state index is 9.52. The van der Waals surface area contributed by atoms with Crippen molar-refractivity contribution >= 4 is 5.88 Å². The third-order valence-electron chi connectivity index (χ3n) is 5.25. The number of oxazole rings is 1. The zero-order valence-electron chi connectivity index (χ0n) is 16.1. The molecule has 3 aromatic rings. The maximum Gasteiger partial charge on any atom is 0.235 e. The summed E-state index contributed by atoms with van der Waals surface area (Å²) in [5.41, 5.74) is 0.915. The molecule has 0 aliphatic carbocycles. The molecule has 0 saturated carbocycles. The van der Waals surface area contributed by atoms with Gasteiger partial charge in [0, 0.05) is 18.7 Å². The average molecular weight is 379 g/mol. The highest BCUT2D eigenvalue weighted by Gasteiger charge is 2.38. The van der Waals surface area contributed by atoms with Gasteiger partial charge in [0.1, 0.15) is 11.8 Å². The molecule has 0 unspecified atom stereocenters. The molecule has 1 aliphatic rings. The second-order valence-electron chi connectivity index (χ2n) is 7.21. The molecule has 2 aromatic heterocycles. The smallest absolute Gasteiger partial charge is 0.235 e. The van der Waals surface area contributed by atoms with Crippen LogP contribution in [0.5, 0.6) is 5.75 Å². The molecule has 3 heterocycles. The van der Waals surface area contributed by atoms with Gasteiger partial charge in [-0.25, -0.2) is 0 Å². The summed E-state index contributed by atoms with van der Waals surface area (Å²) in [5, 5.41) is 13.4. The van der Waals surface area contributed by atoms with E-state index in [1.807, 2.05) is 31.2 Å². The number of hydrogen-bond donors (Lipinski definition) is 0. The van der Waals surface area contributed by atoms with Crippen LogP contribution in [0.1, 0.15) is 37.2 Å². The van der Waals surface area contributed by atoms with Crippen molar-refractivity contribution in [3.05, 3.63) is 41.7 Å². The number of piperidine rings is 1. The van der Waals surface area contributed by atoms with Crippen LogP contribution < -0.4 is 9.64 Å². The molecule has 0 amide bonds. The van der Waals surface area contributed by atoms with Gasteiger partial charge in [-0.15, -0.1) is 0 Å². The van der Waals surface area contributed by atoms with E-state index in [0.29, 0.717) is 42.3 Å². The van der Waals surface area contributed by atoms with Crippen LogP contribution in [0.25, 0.3) is 11.5 Å². The lowest BCUT2D eigenvalue weighted by Crippen LogP contribution is -2.41. The average Bonchev–Trinajstić information content (AvgIpc) is 3.35. The van der Waals surface area contributed by atoms with Crippen LogP contribution in [-0.2, 0) is 5.41 Å². The lowest BCUT2D eigenvalue weighted by Gasteiger charge is -2.36. The first kappa shape index (κ1) is 18.0. The van der Waals surface area contributed by atoms with Gasteiger partial charge in [0.25, 0.3) is 0 Å². The largest absolute Gasteiger partial charge is 0.497 e. The van der Waals surface area contributed by atoms with E-state index in [0.717, 1.165) is 24.2 Å². The Morgan fingerprint density at radius 3 is 2.46 bits per heavy atom. The summed E-state index contributed by atoms with van der Waals surface area (Å²) >= 11 is 0. The van der Waals surface area contributed by atoms with Crippen LogP contribution in [0.4, 0.5) is 5.88 Å². The van der Waals surface area contributed by atoms with Gasteiger partial charge < -0.3 is 18.6 Å². The van der Waals surface area contributed by atoms with Crippen LogP contribution in [0.3, 0.4) is 0 Å². The van der Waals surface area contributed by atoms with Crippen molar-refractivity contribution < 1.29 is 13.7 Å². The Hall–Kier alpha value is -3.34. The molecule has 4 rings (SSSR count). The highest BCUT2D eigenvalue weighted by Crippen LogP contribution is 2.37. The molecular weight excluding hydrogens is 358 g/mol. The van der Waals surface area contributed by atoms with Crippen molar-refractivity contribution in [1.82, 2.24) is 15.1 Å². The lowest BCUT2D eigenvalue weighted by molar-refractivity contribution is 0.249. The van der Waals surface area contributed by atoms with Crippen molar-refractivity contribution in [3.8, 4) is 23.3 Å². The fraction of sp³-hybridized carbons (Fsp3) is 0.400. The number of anilines is 1. The Kier molecular flexibility index (Phi) is 4.51. The van der Waals surface area contributed by atoms with E-state index >= 15 is 0 Å². The van der Waals surface area contributed by atoms with Gasteiger partial charge in [-0.2, -0.15) is 15.2 Å². The van der Waals surface area contributed by atoms with E-state index in [1.165, 1.54) is 0 Å². The van der Waals surface area contributed by atoms with Crippen molar-refractivity contribution in [2.24, 2.45) is 0 Å². The number of hydrogen-bond acceptors (Lipinski definition) is 8. The summed E-state index contributed by atoms with van der Waals surface area (Å²) in [6.45, 7) is 5.37. The minimum Gasteiger partial charge on any atom is -0.497 e. The molecule has 0 bridgehead atoms. The Labute approximate surface area is 162 Å². The van der Waals surface area contributed by atoms with Crippen molar-refractivity contribution in [1.29, 1.82) is 5.26 Å². The number of nitriles is 1. The Morgan fingerprint density at radius 1 is 1.18 bits per heavy atom. The predicted octanol–water partition coefficient (Wildman–Crippen LogP) is 3.47. The van der Waals surface area contributed by atoms with Crippen LogP contribution in [0, 0.1) is 18.3 Å². The Bertz CT molecular complexity index is 1010. The summed E-state index contributed by atoms with van der Waals surface area (Å²) in [5.74, 6) is 3.00. The van der Waals surface area contributed by atoms with Crippen LogP contribution in [-0.4, -0.2) is 35.3 Å². The summed E-state index contributed by atoms with van der Waals surface area (Å²) in [4.78, 5) is 10.8. The monoisotopic (exact) mass is 379 g/mol. The second-order valence-corrected chi connectivity index (χ2v) is 7.21. The zero-order chi connectivity index (χ0) is 19.7. The first-order valence-corrected chi connectivity index (χ1v) is 9.13. The summed E-state index contributed by atoms with van der Waals surface area (Å²) in [6.07, 6.45) is 1.64. The quantitative estimate of drug-likeness (QED) is 0.679. The number of rotatable bonds is 4. The number of ether oxygens (including phenoxy) is 1. The van der Waals surface area contributed by atoms with E-state index in [-0.39, 0.29) is 5.41 Å². The van der Waals surface area contributed by atoms with Crippen LogP contribution in [0.2, 0.25) is 0 Å². The zero-order valence-corrected chi connectivity index (χ0v) is 16.1. The molecule has 0 spiro atoms. The van der Waals surface area contributed by atoms with Gasteiger partial charge in [0.05, 0.1) is 12.5 Å². The lowest BCUT2D eigenvalue weighted by atomic mass is 9.80. The van der Waals surface area contributed by atoms with E-state index in [9.17, 15) is 5.26 Å². The number of aryl methyl sites for hydroxylation is 1. The third-order valence-corrected chi connectivity index (χ3v) is 5.25. The number of benzene rings is 1. The highest BCUT2D eigenvalue weighted by atomic mass is 16.5. The predicted molar refractivity (Wildman–Crippen MR) is 101 cm³/mol. The normalized spacial score (nSPS) is 16.0. The van der Waals surface area contributed by atoms with Crippen molar-refractivity contribution in [2.75, 3.05) is 25.1 Å². The highest BCUT2D eigenvalue weighted by molar-refractivity contribution is 5.60. The first-order valence-electron chi connectivity index (χ1n) is 9.13. The van der Waals surface area contributed by atoms with Gasteiger partial charge in [0.15, 0.2) is 5.82 Å². The van der Waals surface area contributed by atoms with Gasteiger partial charge in [-0.1, -0.05) is 12.1 Å². The molecule has 1 aliphatic heterocycles. The van der Waals surface area contributed by atoms with E-state index in [2.05, 4.69) is 33.0 Å². The van der Waals surface area contributed by atoms with Crippen molar-refractivity contribution in [3.63, 3.8) is 0 Å². The summed E-state index contributed by atoms with van der Waals surface area (Å²) < 4.78 is 16.6. The Balaban J connectivity index is 1.55. The van der Waals surface area contributed by atoms with E-state index < -0.39 is 0 Å². The second kappa shape index (κ2) is 7.00. The van der Waals surface area contributed by atoms with Gasteiger partial charge in [0.2, 0.25) is 23.4 Å². The van der Waals surface area contributed by atoms with Gasteiger partial charge in [-0.3, -0.25) is 0 Å². The molecule has 0 atom stereocenters. The van der Waals surface area contributed by atoms with Gasteiger partial charge in [-0.05, 0) is 44.0 Å². The molecule has 144 valence electrons. The molecule has 1 aromatic carbocycles. The third kappa shape index (κ3) is 3.20. The standard InChI is InChI=1S/C20H21N5O3/c1-13-22-19(28-24-13)20(2)8-10-25(11-9-20)18-16(12-21)23-17(27-18)14-4-6-15(26-3)7-5-14/h4-7H,8-11H2,1-3H3. The summed E-state index contributed by atoms with van der Waals surface area (Å²) in [6, 6.07) is 9.55. The summed E-state index contributed by atoms with van der Waals surface area (Å²) in [7, 11) is 1.62. The molecular formula is C20H21N5O3. The fourth-order valence-electron chi connectivity index (χ4n) is 3.42. The molecule has 0 radical (unpaired) electrons. The van der Waals surface area contributed by atoms with E-state index in [1.54, 1.807) is 7.11 Å². The van der Waals surface area contributed by atoms with E-state index in [4.69, 9.17) is 13.7 Å². The number of methoxy groups -OCH3 is 1. The van der Waals surface area contributed by atoms with Crippen LogP contribution in [0.15, 0.2) is 33.2 Å². The molecule has 28 heavy (non-hydrogen) atoms. The molecule has 0 N–H and O–H groups in total. The fourth-order valence-corrected chi connectivity index (χ4v) is 3.42.